The maximum atomic E-state index is 12.8. The van der Waals surface area contributed by atoms with E-state index in [4.69, 9.17) is 10.8 Å². The summed E-state index contributed by atoms with van der Waals surface area (Å²) in [5.74, 6) is -1.48. The minimum Gasteiger partial charge on any atom is -0.480 e. The highest BCUT2D eigenvalue weighted by molar-refractivity contribution is 7.98. The molecule has 0 fully saturated rings. The lowest BCUT2D eigenvalue weighted by Crippen LogP contribution is -2.57. The van der Waals surface area contributed by atoms with Crippen molar-refractivity contribution in [2.24, 2.45) is 11.7 Å². The monoisotopic (exact) mass is 450 g/mol. The van der Waals surface area contributed by atoms with E-state index in [-0.39, 0.29) is 5.92 Å². The van der Waals surface area contributed by atoms with Gasteiger partial charge in [-0.25, -0.2) is 0 Å². The first-order valence-corrected chi connectivity index (χ1v) is 12.3. The van der Waals surface area contributed by atoms with E-state index in [2.05, 4.69) is 16.0 Å². The second-order valence-electron chi connectivity index (χ2n) is 6.71. The van der Waals surface area contributed by atoms with Crippen LogP contribution in [0.5, 0.6) is 0 Å². The zero-order valence-electron chi connectivity index (χ0n) is 17.5. The van der Waals surface area contributed by atoms with Gasteiger partial charge >= 0.3 is 5.97 Å². The van der Waals surface area contributed by atoms with Gasteiger partial charge in [0.15, 0.2) is 0 Å². The first kappa shape index (κ1) is 27.5. The molecule has 0 aliphatic rings. The highest BCUT2D eigenvalue weighted by Crippen LogP contribution is 2.10. The number of nitrogens with two attached hydrogens (primary N) is 1. The van der Waals surface area contributed by atoms with Crippen LogP contribution in [0, 0.1) is 5.92 Å². The maximum Gasteiger partial charge on any atom is 0.322 e. The number of rotatable bonds is 15. The molecule has 0 aliphatic heterocycles. The second kappa shape index (κ2) is 15.4. The van der Waals surface area contributed by atoms with E-state index in [9.17, 15) is 19.2 Å². The Morgan fingerprint density at radius 3 is 2.07 bits per heavy atom. The Bertz CT molecular complexity index is 550. The molecule has 29 heavy (non-hydrogen) atoms. The molecule has 11 heteroatoms. The smallest absolute Gasteiger partial charge is 0.322 e. The quantitative estimate of drug-likeness (QED) is 0.235. The molecule has 0 spiro atoms. The van der Waals surface area contributed by atoms with Crippen LogP contribution in [0.3, 0.4) is 0 Å². The van der Waals surface area contributed by atoms with E-state index in [1.165, 1.54) is 11.8 Å². The predicted molar refractivity (Wildman–Crippen MR) is 118 cm³/mol. The molecule has 0 rings (SSSR count). The topological polar surface area (TPSA) is 151 Å². The third-order valence-electron chi connectivity index (χ3n) is 4.42. The molecule has 0 aliphatic carbocycles. The number of carboxylic acids is 1. The molecular weight excluding hydrogens is 416 g/mol. The van der Waals surface area contributed by atoms with Crippen molar-refractivity contribution in [2.45, 2.75) is 51.2 Å². The first-order chi connectivity index (χ1) is 13.7. The number of amides is 3. The zero-order valence-corrected chi connectivity index (χ0v) is 19.2. The number of carbonyl (C=O) groups is 4. The van der Waals surface area contributed by atoms with Gasteiger partial charge in [0.25, 0.3) is 0 Å². The number of aliphatic carboxylic acids is 1. The van der Waals surface area contributed by atoms with Gasteiger partial charge in [-0.2, -0.15) is 23.5 Å². The Kier molecular flexibility index (Phi) is 14.6. The summed E-state index contributed by atoms with van der Waals surface area (Å²) in [6.07, 6.45) is 5.30. The average molecular weight is 451 g/mol. The van der Waals surface area contributed by atoms with Crippen LogP contribution in [-0.2, 0) is 19.2 Å². The van der Waals surface area contributed by atoms with E-state index in [1.54, 1.807) is 18.7 Å². The predicted octanol–water partition coefficient (Wildman–Crippen LogP) is 0.0364. The number of carbonyl (C=O) groups excluding carboxylic acids is 3. The van der Waals surface area contributed by atoms with Crippen LogP contribution in [0.25, 0.3) is 0 Å². The minimum absolute atomic E-state index is 0.214. The van der Waals surface area contributed by atoms with Crippen LogP contribution in [-0.4, -0.2) is 77.5 Å². The standard InChI is InChI=1S/C18H34N4O5S2/c1-5-11(2)15(18(27)20-10-14(23)24)22-17(26)13(7-9-29-4)21-16(25)12(19)6-8-28-3/h11-13,15H,5-10,19H2,1-4H3,(H,20,27)(H,21,25)(H,22,26)(H,23,24). The summed E-state index contributed by atoms with van der Waals surface area (Å²) in [7, 11) is 0. The summed E-state index contributed by atoms with van der Waals surface area (Å²) >= 11 is 3.12. The van der Waals surface area contributed by atoms with Gasteiger partial charge in [-0.05, 0) is 42.8 Å². The molecule has 0 saturated carbocycles. The van der Waals surface area contributed by atoms with Gasteiger partial charge in [0.1, 0.15) is 18.6 Å². The van der Waals surface area contributed by atoms with Gasteiger partial charge in [-0.3, -0.25) is 19.2 Å². The van der Waals surface area contributed by atoms with Crippen molar-refractivity contribution in [3.8, 4) is 0 Å². The van der Waals surface area contributed by atoms with Gasteiger partial charge in [-0.1, -0.05) is 20.3 Å². The number of nitrogens with one attached hydrogen (secondary N) is 3. The van der Waals surface area contributed by atoms with E-state index in [0.717, 1.165) is 5.75 Å². The van der Waals surface area contributed by atoms with Crippen LogP contribution in [0.4, 0.5) is 0 Å². The van der Waals surface area contributed by atoms with E-state index >= 15 is 0 Å². The fourth-order valence-electron chi connectivity index (χ4n) is 2.39. The molecule has 0 saturated heterocycles. The van der Waals surface area contributed by atoms with Gasteiger partial charge in [-0.15, -0.1) is 0 Å². The molecule has 4 unspecified atom stereocenters. The largest absolute Gasteiger partial charge is 0.480 e. The summed E-state index contributed by atoms with van der Waals surface area (Å²) in [6, 6.07) is -2.43. The number of carboxylic acid groups (broad SMARTS) is 1. The molecule has 9 nitrogen and oxygen atoms in total. The lowest BCUT2D eigenvalue weighted by molar-refractivity contribution is -0.139. The first-order valence-electron chi connectivity index (χ1n) is 9.51. The maximum absolute atomic E-state index is 12.8. The number of hydrogen-bond acceptors (Lipinski definition) is 7. The molecule has 0 aromatic carbocycles. The van der Waals surface area contributed by atoms with E-state index < -0.39 is 48.4 Å². The van der Waals surface area contributed by atoms with Crippen LogP contribution >= 0.6 is 23.5 Å². The molecule has 3 amide bonds. The van der Waals surface area contributed by atoms with E-state index in [1.807, 2.05) is 19.4 Å². The second-order valence-corrected chi connectivity index (χ2v) is 8.69. The molecule has 168 valence electrons. The molecule has 4 atom stereocenters. The zero-order chi connectivity index (χ0) is 22.4. The van der Waals surface area contributed by atoms with Crippen molar-refractivity contribution >= 4 is 47.2 Å². The van der Waals surface area contributed by atoms with Gasteiger partial charge in [0.05, 0.1) is 6.04 Å². The summed E-state index contributed by atoms with van der Waals surface area (Å²) < 4.78 is 0. The summed E-state index contributed by atoms with van der Waals surface area (Å²) in [4.78, 5) is 48.2. The molecular formula is C18H34N4O5S2. The molecule has 0 bridgehead atoms. The third kappa shape index (κ3) is 11.3. The lowest BCUT2D eigenvalue weighted by atomic mass is 9.97. The van der Waals surface area contributed by atoms with Crippen LogP contribution < -0.4 is 21.7 Å². The SMILES string of the molecule is CCC(C)C(NC(=O)C(CCSC)NC(=O)C(N)CCSC)C(=O)NCC(=O)O. The Hall–Kier alpha value is -1.46. The van der Waals surface area contributed by atoms with Gasteiger partial charge in [0, 0.05) is 0 Å². The fourth-order valence-corrected chi connectivity index (χ4v) is 3.35. The highest BCUT2D eigenvalue weighted by atomic mass is 32.2. The van der Waals surface area contributed by atoms with Crippen molar-refractivity contribution in [3.05, 3.63) is 0 Å². The number of thioether (sulfide) groups is 2. The van der Waals surface area contributed by atoms with Gasteiger partial charge < -0.3 is 26.8 Å². The highest BCUT2D eigenvalue weighted by Gasteiger charge is 2.30. The lowest BCUT2D eigenvalue weighted by Gasteiger charge is -2.27. The van der Waals surface area contributed by atoms with Crippen molar-refractivity contribution < 1.29 is 24.3 Å². The van der Waals surface area contributed by atoms with Crippen molar-refractivity contribution in [2.75, 3.05) is 30.6 Å². The van der Waals surface area contributed by atoms with Gasteiger partial charge in [0.2, 0.25) is 17.7 Å². The van der Waals surface area contributed by atoms with Crippen LogP contribution in [0.2, 0.25) is 0 Å². The van der Waals surface area contributed by atoms with Crippen molar-refractivity contribution in [1.82, 2.24) is 16.0 Å². The molecule has 0 aromatic heterocycles. The fraction of sp³-hybridized carbons (Fsp3) is 0.778. The summed E-state index contributed by atoms with van der Waals surface area (Å²) in [6.45, 7) is 3.13. The Balaban J connectivity index is 5.18. The third-order valence-corrected chi connectivity index (χ3v) is 5.71. The number of hydrogen-bond donors (Lipinski definition) is 5. The molecule has 0 heterocycles. The average Bonchev–Trinajstić information content (AvgIpc) is 2.70. The molecule has 6 N–H and O–H groups in total. The minimum atomic E-state index is -1.17. The summed E-state index contributed by atoms with van der Waals surface area (Å²) in [5, 5.41) is 16.4. The summed E-state index contributed by atoms with van der Waals surface area (Å²) in [5.41, 5.74) is 5.89. The van der Waals surface area contributed by atoms with Crippen LogP contribution in [0.1, 0.15) is 33.1 Å². The normalized spacial score (nSPS) is 14.9. The Morgan fingerprint density at radius 1 is 0.966 bits per heavy atom. The van der Waals surface area contributed by atoms with E-state index in [0.29, 0.717) is 25.0 Å². The Labute approximate surface area is 181 Å². The van der Waals surface area contributed by atoms with Crippen LogP contribution in [0.15, 0.2) is 0 Å². The van der Waals surface area contributed by atoms with Crippen molar-refractivity contribution in [1.29, 1.82) is 0 Å². The molecule has 0 radical (unpaired) electrons. The van der Waals surface area contributed by atoms with Crippen molar-refractivity contribution in [3.63, 3.8) is 0 Å². The Morgan fingerprint density at radius 2 is 1.55 bits per heavy atom. The molecule has 0 aromatic rings.